The van der Waals surface area contributed by atoms with Crippen LogP contribution in [0.15, 0.2) is 36.4 Å². The topological polar surface area (TPSA) is 150 Å². The van der Waals surface area contributed by atoms with E-state index >= 15 is 0 Å². The number of hydrogen-bond donors (Lipinski definition) is 4. The van der Waals surface area contributed by atoms with Crippen LogP contribution in [0.5, 0.6) is 0 Å². The molecule has 1 fully saturated rings. The van der Waals surface area contributed by atoms with Crippen LogP contribution in [0.3, 0.4) is 0 Å². The summed E-state index contributed by atoms with van der Waals surface area (Å²) >= 11 is 0. The second-order valence-electron chi connectivity index (χ2n) is 12.1. The van der Waals surface area contributed by atoms with Gasteiger partial charge < -0.3 is 20.5 Å². The number of ether oxygens (including phenoxy) is 1. The highest BCUT2D eigenvalue weighted by Crippen LogP contribution is 2.25. The molecule has 0 saturated carbocycles. The van der Waals surface area contributed by atoms with Crippen LogP contribution in [0.1, 0.15) is 71.7 Å². The number of benzene rings is 1. The molecular formula is C31H41N5O6. The van der Waals surface area contributed by atoms with Gasteiger partial charge in [-0.15, -0.1) is 0 Å². The van der Waals surface area contributed by atoms with Crippen molar-refractivity contribution in [3.8, 4) is 0 Å². The van der Waals surface area contributed by atoms with E-state index in [9.17, 15) is 24.3 Å². The molecule has 42 heavy (non-hydrogen) atoms. The van der Waals surface area contributed by atoms with E-state index in [0.717, 1.165) is 10.9 Å². The highest BCUT2D eigenvalue weighted by molar-refractivity contribution is 5.94. The highest BCUT2D eigenvalue weighted by atomic mass is 16.5. The van der Waals surface area contributed by atoms with Gasteiger partial charge in [0.1, 0.15) is 24.2 Å². The van der Waals surface area contributed by atoms with Gasteiger partial charge >= 0.3 is 5.97 Å². The molecule has 3 amide bonds. The molecule has 226 valence electrons. The third kappa shape index (κ3) is 6.96. The molecule has 11 nitrogen and oxygen atoms in total. The van der Waals surface area contributed by atoms with Crippen LogP contribution in [0, 0.1) is 11.3 Å². The summed E-state index contributed by atoms with van der Waals surface area (Å²) in [5, 5.41) is 18.1. The van der Waals surface area contributed by atoms with Gasteiger partial charge in [0.2, 0.25) is 11.8 Å². The maximum atomic E-state index is 13.5. The molecule has 5 atom stereocenters. The zero-order chi connectivity index (χ0) is 30.8. The number of cyclic esters (lactones) is 1. The van der Waals surface area contributed by atoms with E-state index in [4.69, 9.17) is 9.72 Å². The number of carbonyl (C=O) groups excluding carboxylic acids is 4. The number of nitrogens with one attached hydrogen (secondary N) is 3. The lowest BCUT2D eigenvalue weighted by Crippen LogP contribution is -2.64. The molecule has 1 aromatic carbocycles. The number of rotatable bonds is 2. The summed E-state index contributed by atoms with van der Waals surface area (Å²) in [7, 11) is 0. The normalized spacial score (nSPS) is 26.5. The van der Waals surface area contributed by atoms with E-state index in [1.54, 1.807) is 40.7 Å². The molecule has 1 saturated heterocycles. The lowest BCUT2D eigenvalue weighted by molar-refractivity contribution is -0.157. The third-order valence-electron chi connectivity index (χ3n) is 7.74. The fraction of sp³-hybridized carbons (Fsp3) is 0.516. The number of pyridine rings is 1. The summed E-state index contributed by atoms with van der Waals surface area (Å²) in [5.74, 6) is -2.41. The fourth-order valence-electron chi connectivity index (χ4n) is 4.95. The average Bonchev–Trinajstić information content (AvgIpc) is 2.95. The van der Waals surface area contributed by atoms with Crippen LogP contribution in [0.25, 0.3) is 17.0 Å². The summed E-state index contributed by atoms with van der Waals surface area (Å²) in [6.45, 7) is 10.5. The molecule has 0 spiro atoms. The van der Waals surface area contributed by atoms with Crippen molar-refractivity contribution in [2.45, 2.75) is 84.7 Å². The summed E-state index contributed by atoms with van der Waals surface area (Å²) in [4.78, 5) is 58.1. The number of aliphatic hydroxyl groups is 1. The van der Waals surface area contributed by atoms with Crippen LogP contribution >= 0.6 is 0 Å². The Bertz CT molecular complexity index is 1390. The Balaban J connectivity index is 1.73. The number of aliphatic hydroxyl groups excluding tert-OH is 1. The maximum Gasteiger partial charge on any atom is 0.325 e. The van der Waals surface area contributed by atoms with Gasteiger partial charge in [-0.05, 0) is 64.2 Å². The molecule has 0 radical (unpaired) electrons. The Morgan fingerprint density at radius 2 is 1.76 bits per heavy atom. The van der Waals surface area contributed by atoms with Gasteiger partial charge in [0, 0.05) is 11.9 Å². The summed E-state index contributed by atoms with van der Waals surface area (Å²) in [6.07, 6.45) is 2.65. The number of nitrogens with zero attached hydrogens (tertiary/aromatic N) is 2. The monoisotopic (exact) mass is 579 g/mol. The zero-order valence-corrected chi connectivity index (χ0v) is 25.0. The third-order valence-corrected chi connectivity index (χ3v) is 7.74. The van der Waals surface area contributed by atoms with Crippen molar-refractivity contribution in [3.63, 3.8) is 0 Å². The van der Waals surface area contributed by atoms with Crippen molar-refractivity contribution in [2.24, 2.45) is 11.3 Å². The van der Waals surface area contributed by atoms with Crippen molar-refractivity contribution in [2.75, 3.05) is 6.54 Å². The van der Waals surface area contributed by atoms with Crippen molar-refractivity contribution < 1.29 is 29.0 Å². The van der Waals surface area contributed by atoms with Crippen LogP contribution in [0.4, 0.5) is 0 Å². The number of hydrazine groups is 1. The van der Waals surface area contributed by atoms with Crippen molar-refractivity contribution in [1.29, 1.82) is 0 Å². The average molecular weight is 580 g/mol. The summed E-state index contributed by atoms with van der Waals surface area (Å²) in [5.41, 5.74) is 4.04. The Labute approximate surface area is 246 Å². The first-order valence-electron chi connectivity index (χ1n) is 14.4. The highest BCUT2D eigenvalue weighted by Gasteiger charge is 2.38. The first-order valence-corrected chi connectivity index (χ1v) is 14.4. The molecule has 2 aliphatic rings. The predicted octanol–water partition coefficient (Wildman–Crippen LogP) is 2.39. The van der Waals surface area contributed by atoms with E-state index in [0.29, 0.717) is 24.1 Å². The number of carbonyl (C=O) groups is 4. The van der Waals surface area contributed by atoms with E-state index in [-0.39, 0.29) is 18.4 Å². The Hall–Kier alpha value is -3.83. The van der Waals surface area contributed by atoms with Crippen LogP contribution < -0.4 is 16.1 Å². The summed E-state index contributed by atoms with van der Waals surface area (Å²) in [6, 6.07) is 6.40. The largest absolute Gasteiger partial charge is 0.455 e. The molecule has 2 aliphatic heterocycles. The van der Waals surface area contributed by atoms with E-state index < -0.39 is 53.5 Å². The minimum absolute atomic E-state index is 0.274. The minimum atomic E-state index is -1.30. The second kappa shape index (κ2) is 12.6. The SMILES string of the molecule is CC(C)[C@@H]1NC(=O)C(C)(C)C=Cc2ccc3ccc(nc3c2)[C@@H](C)OC(=O)[C@@H]2CCCN(N2)C(=O)[C@H]([C@@H](C)O)NC1=O. The molecule has 0 aliphatic carbocycles. The number of esters is 1. The number of fused-ring (bicyclic) bond motifs is 4. The smallest absolute Gasteiger partial charge is 0.325 e. The standard InChI is InChI=1S/C31H41N5O6/c1-17(2)25-27(38)33-26(18(3)37)28(39)36-15-7-8-23(35-36)29(40)42-19(4)22-12-11-21-10-9-20(16-24(21)32-22)13-14-31(5,6)30(41)34-25/h9-14,16-19,23,25-26,35,37H,7-8,15H2,1-6H3,(H,33,38)(H,34,41)/t18-,19-,23+,25+,26+/m1/s1. The molecule has 4 rings (SSSR count). The summed E-state index contributed by atoms with van der Waals surface area (Å²) < 4.78 is 5.74. The Morgan fingerprint density at radius 3 is 2.45 bits per heavy atom. The van der Waals surface area contributed by atoms with Crippen molar-refractivity contribution in [3.05, 3.63) is 47.7 Å². The lowest BCUT2D eigenvalue weighted by Gasteiger charge is -2.36. The molecule has 2 aromatic rings. The van der Waals surface area contributed by atoms with Gasteiger partial charge in [-0.25, -0.2) is 10.4 Å². The fourth-order valence-corrected chi connectivity index (χ4v) is 4.95. The second-order valence-corrected chi connectivity index (χ2v) is 12.1. The van der Waals surface area contributed by atoms with Crippen LogP contribution in [-0.2, 0) is 23.9 Å². The lowest BCUT2D eigenvalue weighted by atomic mass is 9.89. The minimum Gasteiger partial charge on any atom is -0.455 e. The predicted molar refractivity (Wildman–Crippen MR) is 157 cm³/mol. The Morgan fingerprint density at radius 1 is 1.05 bits per heavy atom. The molecule has 5 bridgehead atoms. The first kappa shape index (κ1) is 31.1. The van der Waals surface area contributed by atoms with E-state index in [1.165, 1.54) is 11.9 Å². The molecular weight excluding hydrogens is 538 g/mol. The molecule has 1 aromatic heterocycles. The number of amides is 3. The maximum absolute atomic E-state index is 13.5. The Kier molecular flexibility index (Phi) is 9.32. The number of hydrogen-bond acceptors (Lipinski definition) is 8. The van der Waals surface area contributed by atoms with Crippen LogP contribution in [-0.4, -0.2) is 69.6 Å². The van der Waals surface area contributed by atoms with Gasteiger partial charge in [-0.2, -0.15) is 0 Å². The molecule has 0 unspecified atom stereocenters. The first-order chi connectivity index (χ1) is 19.8. The van der Waals surface area contributed by atoms with Gasteiger partial charge in [0.05, 0.1) is 22.7 Å². The van der Waals surface area contributed by atoms with Crippen molar-refractivity contribution in [1.82, 2.24) is 26.1 Å². The molecule has 4 N–H and O–H groups in total. The quantitative estimate of drug-likeness (QED) is 0.396. The molecule has 11 heteroatoms. The van der Waals surface area contributed by atoms with Gasteiger partial charge in [-0.1, -0.05) is 44.2 Å². The van der Waals surface area contributed by atoms with Gasteiger partial charge in [-0.3, -0.25) is 24.2 Å². The van der Waals surface area contributed by atoms with Crippen molar-refractivity contribution >= 4 is 40.7 Å². The zero-order valence-electron chi connectivity index (χ0n) is 25.0. The van der Waals surface area contributed by atoms with E-state index in [2.05, 4.69) is 16.1 Å². The van der Waals surface area contributed by atoms with E-state index in [1.807, 2.05) is 36.4 Å². The van der Waals surface area contributed by atoms with Gasteiger partial charge in [0.15, 0.2) is 0 Å². The number of aromatic nitrogens is 1. The van der Waals surface area contributed by atoms with Crippen LogP contribution in [0.2, 0.25) is 0 Å². The van der Waals surface area contributed by atoms with Gasteiger partial charge in [0.25, 0.3) is 5.91 Å². The molecule has 3 heterocycles.